The number of hydrogen-bond donors (Lipinski definition) is 0. The van der Waals surface area contributed by atoms with E-state index in [0.29, 0.717) is 0 Å². The van der Waals surface area contributed by atoms with Gasteiger partial charge in [-0.25, -0.2) is 16.8 Å². The number of carbonyl (C=O) groups excluding carboxylic acids is 1. The number of hydrogen-bond acceptors (Lipinski definition) is 5. The molecule has 30 heavy (non-hydrogen) atoms. The molecule has 0 aromatic heterocycles. The van der Waals surface area contributed by atoms with E-state index in [0.717, 1.165) is 16.3 Å². The summed E-state index contributed by atoms with van der Waals surface area (Å²) in [6.45, 7) is 0.953. The maximum atomic E-state index is 12.7. The van der Waals surface area contributed by atoms with Gasteiger partial charge in [0, 0.05) is 32.3 Å². The average molecular weight is 449 g/mol. The first-order valence-electron chi connectivity index (χ1n) is 9.90. The summed E-state index contributed by atoms with van der Waals surface area (Å²) in [6, 6.07) is 13.9. The van der Waals surface area contributed by atoms with Crippen molar-refractivity contribution in [2.45, 2.75) is 11.7 Å². The number of carbonyl (C=O) groups is 1. The Morgan fingerprint density at radius 2 is 1.70 bits per heavy atom. The molecule has 7 nitrogen and oxygen atoms in total. The van der Waals surface area contributed by atoms with E-state index in [1.165, 1.54) is 10.4 Å². The molecular formula is C21H24N2O5S2. The van der Waals surface area contributed by atoms with Crippen LogP contribution in [-0.2, 0) is 24.7 Å². The number of fused-ring (bicyclic) bond motifs is 1. The SMILES string of the molecule is O=C(/C=C/c1cccc2ccccc12)N1CCN(S(=O)(=O)C2CCS(=O)(=O)C2)CC1. The summed E-state index contributed by atoms with van der Waals surface area (Å²) in [5.74, 6) is -0.542. The molecule has 2 saturated heterocycles. The minimum absolute atomic E-state index is 0.0751. The van der Waals surface area contributed by atoms with Crippen molar-refractivity contribution in [2.24, 2.45) is 0 Å². The Hall–Kier alpha value is -2.23. The first-order valence-corrected chi connectivity index (χ1v) is 13.2. The molecule has 0 radical (unpaired) electrons. The van der Waals surface area contributed by atoms with E-state index in [9.17, 15) is 21.6 Å². The molecule has 0 saturated carbocycles. The molecule has 2 aromatic carbocycles. The molecule has 0 spiro atoms. The molecule has 2 fully saturated rings. The van der Waals surface area contributed by atoms with E-state index in [1.54, 1.807) is 11.0 Å². The standard InChI is InChI=1S/C21H24N2O5S2/c24-21(9-8-18-6-3-5-17-4-1-2-7-20(17)18)22-11-13-23(14-12-22)30(27,28)19-10-15-29(25,26)16-19/h1-9,19H,10-16H2/b9-8+. The third-order valence-corrected chi connectivity index (χ3v) is 10.1. The van der Waals surface area contributed by atoms with E-state index >= 15 is 0 Å². The van der Waals surface area contributed by atoms with E-state index in [4.69, 9.17) is 0 Å². The van der Waals surface area contributed by atoms with Crippen LogP contribution in [0, 0.1) is 0 Å². The number of sulfonamides is 1. The molecule has 2 heterocycles. The van der Waals surface area contributed by atoms with Crippen molar-refractivity contribution in [3.05, 3.63) is 54.1 Å². The average Bonchev–Trinajstić information content (AvgIpc) is 3.12. The van der Waals surface area contributed by atoms with Crippen LogP contribution in [0.1, 0.15) is 12.0 Å². The second-order valence-electron chi connectivity index (χ2n) is 7.70. The van der Waals surface area contributed by atoms with Gasteiger partial charge in [0.2, 0.25) is 15.9 Å². The maximum Gasteiger partial charge on any atom is 0.246 e. The van der Waals surface area contributed by atoms with Crippen LogP contribution in [0.2, 0.25) is 0 Å². The fourth-order valence-electron chi connectivity index (χ4n) is 4.03. The lowest BCUT2D eigenvalue weighted by molar-refractivity contribution is -0.127. The van der Waals surface area contributed by atoms with Gasteiger partial charge in [-0.05, 0) is 28.8 Å². The fourth-order valence-corrected chi connectivity index (χ4v) is 8.54. The Balaban J connectivity index is 1.39. The lowest BCUT2D eigenvalue weighted by atomic mass is 10.0. The van der Waals surface area contributed by atoms with Crippen molar-refractivity contribution in [3.63, 3.8) is 0 Å². The minimum atomic E-state index is -3.66. The zero-order valence-electron chi connectivity index (χ0n) is 16.5. The summed E-state index contributed by atoms with van der Waals surface area (Å²) < 4.78 is 50.1. The molecule has 1 unspecified atom stereocenters. The van der Waals surface area contributed by atoms with Crippen LogP contribution >= 0.6 is 0 Å². The first-order chi connectivity index (χ1) is 14.3. The van der Waals surface area contributed by atoms with E-state index < -0.39 is 25.1 Å². The highest BCUT2D eigenvalue weighted by Gasteiger charge is 2.41. The molecular weight excluding hydrogens is 424 g/mol. The predicted octanol–water partition coefficient (Wildman–Crippen LogP) is 1.51. The molecule has 9 heteroatoms. The number of rotatable bonds is 4. The molecule has 0 N–H and O–H groups in total. The summed E-state index contributed by atoms with van der Waals surface area (Å²) >= 11 is 0. The van der Waals surface area contributed by atoms with E-state index in [2.05, 4.69) is 0 Å². The van der Waals surface area contributed by atoms with Crippen LogP contribution < -0.4 is 0 Å². The molecule has 2 aromatic rings. The van der Waals surface area contributed by atoms with E-state index in [-0.39, 0.29) is 50.0 Å². The zero-order valence-corrected chi connectivity index (χ0v) is 18.1. The maximum absolute atomic E-state index is 12.7. The van der Waals surface area contributed by atoms with Crippen LogP contribution in [0.5, 0.6) is 0 Å². The van der Waals surface area contributed by atoms with Gasteiger partial charge in [-0.1, -0.05) is 42.5 Å². The van der Waals surface area contributed by atoms with Crippen LogP contribution in [-0.4, -0.2) is 74.9 Å². The van der Waals surface area contributed by atoms with Crippen molar-refractivity contribution >= 4 is 42.6 Å². The number of benzene rings is 2. The lowest BCUT2D eigenvalue weighted by Crippen LogP contribution is -2.52. The van der Waals surface area contributed by atoms with Gasteiger partial charge in [0.25, 0.3) is 0 Å². The zero-order chi connectivity index (χ0) is 21.4. The predicted molar refractivity (Wildman–Crippen MR) is 117 cm³/mol. The summed E-state index contributed by atoms with van der Waals surface area (Å²) in [4.78, 5) is 14.2. The smallest absolute Gasteiger partial charge is 0.246 e. The molecule has 0 aliphatic carbocycles. The minimum Gasteiger partial charge on any atom is -0.337 e. The van der Waals surface area contributed by atoms with Gasteiger partial charge in [0.15, 0.2) is 9.84 Å². The highest BCUT2D eigenvalue weighted by atomic mass is 32.2. The molecule has 4 rings (SSSR count). The topological polar surface area (TPSA) is 91.8 Å². The Bertz CT molecular complexity index is 1190. The van der Waals surface area contributed by atoms with Crippen molar-refractivity contribution in [3.8, 4) is 0 Å². The van der Waals surface area contributed by atoms with Gasteiger partial charge in [0.05, 0.1) is 16.8 Å². The quantitative estimate of drug-likeness (QED) is 0.662. The van der Waals surface area contributed by atoms with Crippen LogP contribution in [0.15, 0.2) is 48.5 Å². The number of nitrogens with zero attached hydrogens (tertiary/aromatic N) is 2. The Labute approximate surface area is 176 Å². The fraction of sp³-hybridized carbons (Fsp3) is 0.381. The van der Waals surface area contributed by atoms with E-state index in [1.807, 2.05) is 42.5 Å². The Kier molecular flexibility index (Phi) is 5.69. The first kappa shape index (κ1) is 21.0. The monoisotopic (exact) mass is 448 g/mol. The van der Waals surface area contributed by atoms with Crippen LogP contribution in [0.4, 0.5) is 0 Å². The molecule has 2 aliphatic heterocycles. The normalized spacial score (nSPS) is 22.7. The van der Waals surface area contributed by atoms with Gasteiger partial charge in [-0.2, -0.15) is 4.31 Å². The molecule has 2 aliphatic rings. The van der Waals surface area contributed by atoms with Gasteiger partial charge in [-0.3, -0.25) is 4.79 Å². The second kappa shape index (κ2) is 8.13. The van der Waals surface area contributed by atoms with Crippen LogP contribution in [0.25, 0.3) is 16.8 Å². The highest BCUT2D eigenvalue weighted by molar-refractivity contribution is 7.95. The number of piperazine rings is 1. The van der Waals surface area contributed by atoms with Crippen LogP contribution in [0.3, 0.4) is 0 Å². The Morgan fingerprint density at radius 1 is 1.00 bits per heavy atom. The number of amides is 1. The third-order valence-electron chi connectivity index (χ3n) is 5.75. The molecule has 1 atom stereocenters. The molecule has 0 bridgehead atoms. The molecule has 1 amide bonds. The molecule has 160 valence electrons. The lowest BCUT2D eigenvalue weighted by Gasteiger charge is -2.34. The van der Waals surface area contributed by atoms with Gasteiger partial charge >= 0.3 is 0 Å². The third kappa shape index (κ3) is 4.28. The summed E-state index contributed by atoms with van der Waals surface area (Å²) in [7, 11) is -6.93. The van der Waals surface area contributed by atoms with Gasteiger partial charge < -0.3 is 4.90 Å². The van der Waals surface area contributed by atoms with Gasteiger partial charge in [0.1, 0.15) is 0 Å². The van der Waals surface area contributed by atoms with Crippen molar-refractivity contribution in [2.75, 3.05) is 37.7 Å². The summed E-state index contributed by atoms with van der Waals surface area (Å²) in [5.41, 5.74) is 0.949. The van der Waals surface area contributed by atoms with Gasteiger partial charge in [-0.15, -0.1) is 0 Å². The van der Waals surface area contributed by atoms with Crippen molar-refractivity contribution in [1.82, 2.24) is 9.21 Å². The summed E-state index contributed by atoms with van der Waals surface area (Å²) in [6.07, 6.45) is 3.46. The van der Waals surface area contributed by atoms with Crippen molar-refractivity contribution < 1.29 is 21.6 Å². The van der Waals surface area contributed by atoms with Crippen molar-refractivity contribution in [1.29, 1.82) is 0 Å². The highest BCUT2D eigenvalue weighted by Crippen LogP contribution is 2.23. The Morgan fingerprint density at radius 3 is 2.40 bits per heavy atom. The number of sulfone groups is 1. The second-order valence-corrected chi connectivity index (χ2v) is 12.1. The largest absolute Gasteiger partial charge is 0.337 e. The summed E-state index contributed by atoms with van der Waals surface area (Å²) in [5, 5.41) is 1.29.